The molecular weight excluding hydrogens is 338 g/mol. The molecule has 1 N–H and O–H groups in total. The van der Waals surface area contributed by atoms with E-state index >= 15 is 0 Å². The molecule has 4 rings (SSSR count). The molecule has 1 fully saturated rings. The lowest BCUT2D eigenvalue weighted by Gasteiger charge is -2.33. The zero-order valence-electron chi connectivity index (χ0n) is 15.8. The Morgan fingerprint density at radius 2 is 1.93 bits per heavy atom. The Morgan fingerprint density at radius 1 is 1.15 bits per heavy atom. The van der Waals surface area contributed by atoms with Crippen molar-refractivity contribution in [1.29, 1.82) is 0 Å². The second-order valence-electron chi connectivity index (χ2n) is 7.13. The lowest BCUT2D eigenvalue weighted by Crippen LogP contribution is -2.45. The van der Waals surface area contributed by atoms with Gasteiger partial charge in [0, 0.05) is 49.0 Å². The van der Waals surface area contributed by atoms with E-state index in [1.807, 2.05) is 65.2 Å². The van der Waals surface area contributed by atoms with Gasteiger partial charge in [-0.3, -0.25) is 4.79 Å². The van der Waals surface area contributed by atoms with Gasteiger partial charge in [-0.15, -0.1) is 0 Å². The number of rotatable bonds is 4. The molecule has 2 aromatic carbocycles. The number of aryl methyl sites for hydroxylation is 1. The Bertz CT molecular complexity index is 946. The Balaban J connectivity index is 1.49. The maximum atomic E-state index is 13.2. The van der Waals surface area contributed by atoms with E-state index in [0.717, 1.165) is 47.3 Å². The molecule has 140 valence electrons. The number of fused-ring (bicyclic) bond motifs is 1. The fourth-order valence-corrected chi connectivity index (χ4v) is 3.88. The van der Waals surface area contributed by atoms with Gasteiger partial charge in [-0.2, -0.15) is 0 Å². The fraction of sp³-hybridized carbons (Fsp3) is 0.318. The number of hydrogen-bond donors (Lipinski definition) is 1. The lowest BCUT2D eigenvalue weighted by atomic mass is 10.0. The Labute approximate surface area is 159 Å². The molecule has 0 bridgehead atoms. The van der Waals surface area contributed by atoms with Gasteiger partial charge in [0.15, 0.2) is 0 Å². The number of benzene rings is 2. The van der Waals surface area contributed by atoms with Crippen molar-refractivity contribution < 1.29 is 9.53 Å². The average Bonchev–Trinajstić information content (AvgIpc) is 3.05. The average molecular weight is 363 g/mol. The predicted molar refractivity (Wildman–Crippen MR) is 108 cm³/mol. The number of nitrogens with zero attached hydrogens (tertiary/aromatic N) is 2. The normalized spacial score (nSPS) is 17.1. The minimum absolute atomic E-state index is 0.119. The maximum absolute atomic E-state index is 13.2. The standard InChI is InChI=1S/C22H25N3O2/c1-24-15-20(19-7-3-4-8-21(19)24)22(26)25-13-5-6-17(14-25)23-16-9-11-18(27-2)12-10-16/h3-4,7-12,15,17,23H,5-6,13-14H2,1-2H3/t17-/m0/s1. The first-order valence-electron chi connectivity index (χ1n) is 9.39. The zero-order valence-corrected chi connectivity index (χ0v) is 15.8. The van der Waals surface area contributed by atoms with Crippen LogP contribution < -0.4 is 10.1 Å². The first-order chi connectivity index (χ1) is 13.2. The third-order valence-corrected chi connectivity index (χ3v) is 5.30. The number of para-hydroxylation sites is 1. The lowest BCUT2D eigenvalue weighted by molar-refractivity contribution is 0.0716. The minimum Gasteiger partial charge on any atom is -0.497 e. The van der Waals surface area contributed by atoms with Crippen molar-refractivity contribution in [3.05, 3.63) is 60.3 Å². The SMILES string of the molecule is COc1ccc(N[C@H]2CCCN(C(=O)c3cn(C)c4ccccc34)C2)cc1. The number of anilines is 1. The van der Waals surface area contributed by atoms with Crippen molar-refractivity contribution in [2.45, 2.75) is 18.9 Å². The molecule has 0 unspecified atom stereocenters. The van der Waals surface area contributed by atoms with Crippen LogP contribution in [-0.4, -0.2) is 41.6 Å². The van der Waals surface area contributed by atoms with Crippen LogP contribution in [0.3, 0.4) is 0 Å². The van der Waals surface area contributed by atoms with Crippen molar-refractivity contribution in [2.24, 2.45) is 7.05 Å². The van der Waals surface area contributed by atoms with Gasteiger partial charge >= 0.3 is 0 Å². The molecule has 0 aliphatic carbocycles. The van der Waals surface area contributed by atoms with Crippen LogP contribution in [0, 0.1) is 0 Å². The molecule has 1 aromatic heterocycles. The summed E-state index contributed by atoms with van der Waals surface area (Å²) in [5.74, 6) is 0.963. The van der Waals surface area contributed by atoms with Crippen molar-refractivity contribution >= 4 is 22.5 Å². The van der Waals surface area contributed by atoms with Gasteiger partial charge in [0.2, 0.25) is 0 Å². The van der Waals surface area contributed by atoms with E-state index in [0.29, 0.717) is 6.54 Å². The number of methoxy groups -OCH3 is 1. The smallest absolute Gasteiger partial charge is 0.256 e. The van der Waals surface area contributed by atoms with E-state index in [-0.39, 0.29) is 11.9 Å². The molecule has 5 nitrogen and oxygen atoms in total. The number of piperidine rings is 1. The van der Waals surface area contributed by atoms with Crippen molar-refractivity contribution in [3.63, 3.8) is 0 Å². The second kappa shape index (κ2) is 7.35. The Morgan fingerprint density at radius 3 is 2.70 bits per heavy atom. The van der Waals surface area contributed by atoms with E-state index < -0.39 is 0 Å². The number of hydrogen-bond acceptors (Lipinski definition) is 3. The van der Waals surface area contributed by atoms with Crippen LogP contribution in [-0.2, 0) is 7.05 Å². The second-order valence-corrected chi connectivity index (χ2v) is 7.13. The summed E-state index contributed by atoms with van der Waals surface area (Å²) >= 11 is 0. The highest BCUT2D eigenvalue weighted by molar-refractivity contribution is 6.07. The fourth-order valence-electron chi connectivity index (χ4n) is 3.88. The summed E-state index contributed by atoms with van der Waals surface area (Å²) < 4.78 is 7.24. The quantitative estimate of drug-likeness (QED) is 0.765. The summed E-state index contributed by atoms with van der Waals surface area (Å²) in [5, 5.41) is 4.58. The zero-order chi connectivity index (χ0) is 18.8. The van der Waals surface area contributed by atoms with Crippen LogP contribution in [0.15, 0.2) is 54.7 Å². The third kappa shape index (κ3) is 3.50. The van der Waals surface area contributed by atoms with Gasteiger partial charge in [-0.1, -0.05) is 18.2 Å². The molecule has 27 heavy (non-hydrogen) atoms. The molecule has 1 aliphatic rings. The maximum Gasteiger partial charge on any atom is 0.256 e. The summed E-state index contributed by atoms with van der Waals surface area (Å²) in [7, 11) is 3.66. The minimum atomic E-state index is 0.119. The summed E-state index contributed by atoms with van der Waals surface area (Å²) in [4.78, 5) is 15.2. The number of carbonyl (C=O) groups excluding carboxylic acids is 1. The van der Waals surface area contributed by atoms with Gasteiger partial charge in [-0.25, -0.2) is 0 Å². The van der Waals surface area contributed by atoms with Crippen molar-refractivity contribution in [2.75, 3.05) is 25.5 Å². The predicted octanol–water partition coefficient (Wildman–Crippen LogP) is 3.90. The van der Waals surface area contributed by atoms with Gasteiger partial charge in [0.05, 0.1) is 12.7 Å². The molecule has 1 atom stereocenters. The van der Waals surface area contributed by atoms with Crippen LogP contribution in [0.4, 0.5) is 5.69 Å². The van der Waals surface area contributed by atoms with Crippen LogP contribution >= 0.6 is 0 Å². The van der Waals surface area contributed by atoms with Crippen LogP contribution in [0.2, 0.25) is 0 Å². The Hall–Kier alpha value is -2.95. The topological polar surface area (TPSA) is 46.5 Å². The molecule has 5 heteroatoms. The van der Waals surface area contributed by atoms with Crippen LogP contribution in [0.1, 0.15) is 23.2 Å². The van der Waals surface area contributed by atoms with Gasteiger partial charge < -0.3 is 19.5 Å². The number of nitrogens with one attached hydrogen (secondary N) is 1. The molecule has 3 aromatic rings. The summed E-state index contributed by atoms with van der Waals surface area (Å²) in [6, 6.07) is 16.3. The molecule has 0 spiro atoms. The van der Waals surface area contributed by atoms with E-state index in [9.17, 15) is 4.79 Å². The summed E-state index contributed by atoms with van der Waals surface area (Å²) in [6.45, 7) is 1.52. The monoisotopic (exact) mass is 363 g/mol. The van der Waals surface area contributed by atoms with Crippen LogP contribution in [0.25, 0.3) is 10.9 Å². The van der Waals surface area contributed by atoms with E-state index in [2.05, 4.69) is 11.4 Å². The van der Waals surface area contributed by atoms with Crippen molar-refractivity contribution in [3.8, 4) is 5.75 Å². The first kappa shape index (κ1) is 17.5. The molecule has 0 radical (unpaired) electrons. The molecule has 1 saturated heterocycles. The van der Waals surface area contributed by atoms with E-state index in [1.54, 1.807) is 7.11 Å². The van der Waals surface area contributed by atoms with Gasteiger partial charge in [-0.05, 0) is 43.2 Å². The highest BCUT2D eigenvalue weighted by atomic mass is 16.5. The molecule has 0 saturated carbocycles. The molecular formula is C22H25N3O2. The molecule has 1 amide bonds. The highest BCUT2D eigenvalue weighted by Gasteiger charge is 2.26. The number of aromatic nitrogens is 1. The first-order valence-corrected chi connectivity index (χ1v) is 9.39. The van der Waals surface area contributed by atoms with E-state index in [1.165, 1.54) is 0 Å². The number of likely N-dealkylation sites (tertiary alicyclic amines) is 1. The number of amides is 1. The molecule has 2 heterocycles. The van der Waals surface area contributed by atoms with Crippen LogP contribution in [0.5, 0.6) is 5.75 Å². The summed E-state index contributed by atoms with van der Waals surface area (Å²) in [5.41, 5.74) is 2.93. The van der Waals surface area contributed by atoms with Crippen molar-refractivity contribution in [1.82, 2.24) is 9.47 Å². The molecule has 1 aliphatic heterocycles. The highest BCUT2D eigenvalue weighted by Crippen LogP contribution is 2.24. The van der Waals surface area contributed by atoms with Gasteiger partial charge in [0.1, 0.15) is 5.75 Å². The van der Waals surface area contributed by atoms with Gasteiger partial charge in [0.25, 0.3) is 5.91 Å². The summed E-state index contributed by atoms with van der Waals surface area (Å²) in [6.07, 6.45) is 4.02. The Kier molecular flexibility index (Phi) is 4.75. The number of ether oxygens (including phenoxy) is 1. The van der Waals surface area contributed by atoms with E-state index in [4.69, 9.17) is 4.74 Å². The number of carbonyl (C=O) groups is 1. The third-order valence-electron chi connectivity index (χ3n) is 5.30. The largest absolute Gasteiger partial charge is 0.497 e.